The van der Waals surface area contributed by atoms with Crippen LogP contribution >= 0.6 is 0 Å². The van der Waals surface area contributed by atoms with Gasteiger partial charge in [-0.2, -0.15) is 0 Å². The highest BCUT2D eigenvalue weighted by molar-refractivity contribution is 6.01. The molecular weight excluding hydrogens is 280 g/mol. The van der Waals surface area contributed by atoms with Crippen LogP contribution in [0.3, 0.4) is 0 Å². The van der Waals surface area contributed by atoms with Gasteiger partial charge in [-0.15, -0.1) is 0 Å². The van der Waals surface area contributed by atoms with Gasteiger partial charge < -0.3 is 14.2 Å². The Balaban J connectivity index is 2.33. The van der Waals surface area contributed by atoms with Crippen LogP contribution in [0.2, 0.25) is 0 Å². The van der Waals surface area contributed by atoms with Gasteiger partial charge in [0.25, 0.3) is 0 Å². The lowest BCUT2D eigenvalue weighted by Crippen LogP contribution is -2.11. The van der Waals surface area contributed by atoms with Gasteiger partial charge in [0.1, 0.15) is 17.2 Å². The Morgan fingerprint density at radius 3 is 2.00 bits per heavy atom. The molecule has 22 heavy (non-hydrogen) atoms. The van der Waals surface area contributed by atoms with Gasteiger partial charge >= 0.3 is 0 Å². The molecule has 0 aliphatic heterocycles. The third-order valence-corrected chi connectivity index (χ3v) is 3.67. The fourth-order valence-electron chi connectivity index (χ4n) is 2.32. The SMILES string of the molecule is COc1ccc(C(=O)C(C)c2cc(OC)ccc2OC)cc1. The number of carbonyl (C=O) groups excluding carboxylic acids is 1. The van der Waals surface area contributed by atoms with Crippen molar-refractivity contribution in [3.8, 4) is 17.2 Å². The highest BCUT2D eigenvalue weighted by Crippen LogP contribution is 2.32. The van der Waals surface area contributed by atoms with Gasteiger partial charge in [0, 0.05) is 17.0 Å². The molecule has 0 aliphatic carbocycles. The molecule has 2 aromatic rings. The monoisotopic (exact) mass is 300 g/mol. The van der Waals surface area contributed by atoms with E-state index in [2.05, 4.69) is 0 Å². The molecule has 0 saturated carbocycles. The summed E-state index contributed by atoms with van der Waals surface area (Å²) in [5.74, 6) is 1.79. The largest absolute Gasteiger partial charge is 0.497 e. The minimum atomic E-state index is -0.335. The third-order valence-electron chi connectivity index (χ3n) is 3.67. The van der Waals surface area contributed by atoms with E-state index in [0.29, 0.717) is 17.1 Å². The maximum Gasteiger partial charge on any atom is 0.170 e. The van der Waals surface area contributed by atoms with Gasteiger partial charge in [-0.3, -0.25) is 4.79 Å². The van der Waals surface area contributed by atoms with Crippen LogP contribution in [-0.4, -0.2) is 27.1 Å². The summed E-state index contributed by atoms with van der Waals surface area (Å²) in [5, 5.41) is 0. The second-order valence-corrected chi connectivity index (χ2v) is 4.92. The van der Waals surface area contributed by atoms with Crippen molar-refractivity contribution >= 4 is 5.78 Å². The van der Waals surface area contributed by atoms with Crippen LogP contribution in [0, 0.1) is 0 Å². The lowest BCUT2D eigenvalue weighted by atomic mass is 9.91. The van der Waals surface area contributed by atoms with Crippen LogP contribution in [-0.2, 0) is 0 Å². The molecule has 2 aromatic carbocycles. The van der Waals surface area contributed by atoms with E-state index in [9.17, 15) is 4.79 Å². The van der Waals surface area contributed by atoms with Gasteiger partial charge in [0.05, 0.1) is 21.3 Å². The van der Waals surface area contributed by atoms with Crippen molar-refractivity contribution in [1.29, 1.82) is 0 Å². The van der Waals surface area contributed by atoms with Crippen molar-refractivity contribution in [1.82, 2.24) is 0 Å². The lowest BCUT2D eigenvalue weighted by Gasteiger charge is -2.16. The van der Waals surface area contributed by atoms with E-state index in [1.54, 1.807) is 45.6 Å². The molecule has 0 N–H and O–H groups in total. The highest BCUT2D eigenvalue weighted by Gasteiger charge is 2.21. The van der Waals surface area contributed by atoms with Crippen molar-refractivity contribution in [2.75, 3.05) is 21.3 Å². The smallest absolute Gasteiger partial charge is 0.170 e. The Kier molecular flexibility index (Phi) is 5.04. The van der Waals surface area contributed by atoms with Crippen molar-refractivity contribution in [2.45, 2.75) is 12.8 Å². The Labute approximate surface area is 130 Å². The van der Waals surface area contributed by atoms with Crippen LogP contribution < -0.4 is 14.2 Å². The second kappa shape index (κ2) is 6.98. The maximum absolute atomic E-state index is 12.7. The average Bonchev–Trinajstić information content (AvgIpc) is 2.59. The predicted molar refractivity (Wildman–Crippen MR) is 85.3 cm³/mol. The minimum absolute atomic E-state index is 0.0224. The standard InChI is InChI=1S/C18H20O4/c1-12(16-11-15(21-3)9-10-17(16)22-4)18(19)13-5-7-14(20-2)8-6-13/h5-12H,1-4H3. The van der Waals surface area contributed by atoms with Gasteiger partial charge in [-0.25, -0.2) is 0 Å². The molecule has 0 amide bonds. The Hall–Kier alpha value is -2.49. The molecule has 0 radical (unpaired) electrons. The fraction of sp³-hybridized carbons (Fsp3) is 0.278. The summed E-state index contributed by atoms with van der Waals surface area (Å²) in [7, 11) is 4.79. The van der Waals surface area contributed by atoms with Gasteiger partial charge in [-0.05, 0) is 42.5 Å². The first-order valence-electron chi connectivity index (χ1n) is 7.01. The number of rotatable bonds is 6. The second-order valence-electron chi connectivity index (χ2n) is 4.92. The van der Waals surface area contributed by atoms with E-state index in [1.165, 1.54) is 0 Å². The lowest BCUT2D eigenvalue weighted by molar-refractivity contribution is 0.0965. The number of hydrogen-bond donors (Lipinski definition) is 0. The zero-order chi connectivity index (χ0) is 16.1. The molecule has 0 bridgehead atoms. The number of ketones is 1. The van der Waals surface area contributed by atoms with Crippen LogP contribution in [0.15, 0.2) is 42.5 Å². The van der Waals surface area contributed by atoms with E-state index in [0.717, 1.165) is 11.3 Å². The molecule has 0 aliphatic rings. The maximum atomic E-state index is 12.7. The van der Waals surface area contributed by atoms with Crippen LogP contribution in [0.4, 0.5) is 0 Å². The molecule has 1 atom stereocenters. The van der Waals surface area contributed by atoms with Gasteiger partial charge in [0.2, 0.25) is 0 Å². The number of ether oxygens (including phenoxy) is 3. The number of benzene rings is 2. The topological polar surface area (TPSA) is 44.8 Å². The highest BCUT2D eigenvalue weighted by atomic mass is 16.5. The molecule has 4 heteroatoms. The summed E-state index contributed by atoms with van der Waals surface area (Å²) in [4.78, 5) is 12.7. The molecule has 0 heterocycles. The molecule has 0 spiro atoms. The Bertz CT molecular complexity index is 647. The molecule has 0 aromatic heterocycles. The van der Waals surface area contributed by atoms with Crippen LogP contribution in [0.5, 0.6) is 17.2 Å². The zero-order valence-electron chi connectivity index (χ0n) is 13.3. The van der Waals surface area contributed by atoms with Crippen molar-refractivity contribution in [3.05, 3.63) is 53.6 Å². The number of Topliss-reactive ketones (excluding diaryl/α,β-unsaturated/α-hetero) is 1. The van der Waals surface area contributed by atoms with E-state index < -0.39 is 0 Å². The third kappa shape index (κ3) is 3.22. The molecular formula is C18H20O4. The van der Waals surface area contributed by atoms with Crippen molar-refractivity contribution in [3.63, 3.8) is 0 Å². The van der Waals surface area contributed by atoms with Crippen LogP contribution in [0.25, 0.3) is 0 Å². The molecule has 116 valence electrons. The summed E-state index contributed by atoms with van der Waals surface area (Å²) in [6.45, 7) is 1.86. The summed E-state index contributed by atoms with van der Waals surface area (Å²) < 4.78 is 15.7. The first-order chi connectivity index (χ1) is 10.6. The number of methoxy groups -OCH3 is 3. The molecule has 1 unspecified atom stereocenters. The fourth-order valence-corrected chi connectivity index (χ4v) is 2.32. The van der Waals surface area contributed by atoms with Crippen LogP contribution in [0.1, 0.15) is 28.8 Å². The van der Waals surface area contributed by atoms with Gasteiger partial charge in [-0.1, -0.05) is 6.92 Å². The predicted octanol–water partition coefficient (Wildman–Crippen LogP) is 3.70. The van der Waals surface area contributed by atoms with E-state index in [4.69, 9.17) is 14.2 Å². The molecule has 0 saturated heterocycles. The molecule has 2 rings (SSSR count). The quantitative estimate of drug-likeness (QED) is 0.763. The van der Waals surface area contributed by atoms with Crippen molar-refractivity contribution in [2.24, 2.45) is 0 Å². The minimum Gasteiger partial charge on any atom is -0.497 e. The average molecular weight is 300 g/mol. The van der Waals surface area contributed by atoms with Crippen molar-refractivity contribution < 1.29 is 19.0 Å². The summed E-state index contributed by atoms with van der Waals surface area (Å²) in [5.41, 5.74) is 1.45. The van der Waals surface area contributed by atoms with E-state index in [1.807, 2.05) is 25.1 Å². The number of hydrogen-bond acceptors (Lipinski definition) is 4. The van der Waals surface area contributed by atoms with E-state index >= 15 is 0 Å². The molecule has 0 fully saturated rings. The summed E-state index contributed by atoms with van der Waals surface area (Å²) in [6.07, 6.45) is 0. The Morgan fingerprint density at radius 1 is 0.864 bits per heavy atom. The summed E-state index contributed by atoms with van der Waals surface area (Å²) >= 11 is 0. The van der Waals surface area contributed by atoms with Gasteiger partial charge in [0.15, 0.2) is 5.78 Å². The first-order valence-corrected chi connectivity index (χ1v) is 7.01. The van der Waals surface area contributed by atoms with E-state index in [-0.39, 0.29) is 11.7 Å². The normalized spacial score (nSPS) is 11.6. The molecule has 4 nitrogen and oxygen atoms in total. The number of carbonyl (C=O) groups is 1. The first kappa shape index (κ1) is 15.9. The summed E-state index contributed by atoms with van der Waals surface area (Å²) in [6, 6.07) is 12.6. The Morgan fingerprint density at radius 2 is 1.45 bits per heavy atom. The zero-order valence-corrected chi connectivity index (χ0v) is 13.3.